The Kier molecular flexibility index (Phi) is 5.45. The van der Waals surface area contributed by atoms with E-state index in [1.807, 2.05) is 6.08 Å². The van der Waals surface area contributed by atoms with Gasteiger partial charge in [0.05, 0.1) is 0 Å². The van der Waals surface area contributed by atoms with Crippen molar-refractivity contribution in [1.82, 2.24) is 0 Å². The fraction of sp³-hybridized carbons (Fsp3) is 0.824. The van der Waals surface area contributed by atoms with E-state index in [9.17, 15) is 31.1 Å². The number of carbonyl (C=O) groups excluding carboxylic acids is 1. The van der Waals surface area contributed by atoms with Gasteiger partial charge in [-0.1, -0.05) is 12.2 Å². The minimum atomic E-state index is -5.71. The van der Waals surface area contributed by atoms with Crippen LogP contribution in [0.5, 0.6) is 0 Å². The summed E-state index contributed by atoms with van der Waals surface area (Å²) in [6, 6.07) is 0. The number of hydrogen-bond acceptors (Lipinski definition) is 3. The van der Waals surface area contributed by atoms with E-state index in [2.05, 4.69) is 4.74 Å². The van der Waals surface area contributed by atoms with Gasteiger partial charge in [-0.2, -0.15) is 26.3 Å². The second kappa shape index (κ2) is 6.73. The van der Waals surface area contributed by atoms with Gasteiger partial charge in [-0.25, -0.2) is 4.79 Å². The van der Waals surface area contributed by atoms with Crippen LogP contribution in [0.15, 0.2) is 12.2 Å². The van der Waals surface area contributed by atoms with Crippen LogP contribution in [0.25, 0.3) is 0 Å². The number of esters is 1. The van der Waals surface area contributed by atoms with Gasteiger partial charge in [0.2, 0.25) is 0 Å². The molecule has 0 saturated heterocycles. The van der Waals surface area contributed by atoms with E-state index in [-0.39, 0.29) is 18.3 Å². The van der Waals surface area contributed by atoms with Gasteiger partial charge >= 0.3 is 18.3 Å². The molecule has 0 aromatic heterocycles. The summed E-state index contributed by atoms with van der Waals surface area (Å²) in [6.45, 7) is 2.93. The first-order chi connectivity index (χ1) is 11.6. The van der Waals surface area contributed by atoms with Gasteiger partial charge in [0, 0.05) is 0 Å². The molecule has 2 aliphatic rings. The quantitative estimate of drug-likeness (QED) is 0.385. The first kappa shape index (κ1) is 21.1. The normalized spacial score (nSPS) is 26.4. The Labute approximate surface area is 147 Å². The molecule has 0 aromatic rings. The van der Waals surface area contributed by atoms with Crippen LogP contribution in [0.4, 0.5) is 26.3 Å². The maximum atomic E-state index is 13.5. The second-order valence-electron chi connectivity index (χ2n) is 7.94. The Hall–Kier alpha value is -1.25. The topological polar surface area (TPSA) is 35.5 Å². The summed E-state index contributed by atoms with van der Waals surface area (Å²) in [5.41, 5.74) is -5.44. The predicted octanol–water partition coefficient (Wildman–Crippen LogP) is 4.81. The van der Waals surface area contributed by atoms with Crippen LogP contribution in [0.3, 0.4) is 0 Å². The smallest absolute Gasteiger partial charge is 0.426 e. The van der Waals surface area contributed by atoms with Crippen molar-refractivity contribution < 1.29 is 40.6 Å². The average Bonchev–Trinajstić information content (AvgIpc) is 3.00. The molecular formula is C17H22F6O3. The predicted molar refractivity (Wildman–Crippen MR) is 80.1 cm³/mol. The van der Waals surface area contributed by atoms with E-state index in [1.165, 1.54) is 20.8 Å². The van der Waals surface area contributed by atoms with Crippen LogP contribution in [0.2, 0.25) is 0 Å². The highest BCUT2D eigenvalue weighted by molar-refractivity contribution is 5.71. The molecule has 3 atom stereocenters. The largest absolute Gasteiger partial charge is 0.458 e. The SMILES string of the molecule is CC(C)(C)OC(=O)COC(CC1CC2C=CC1C2)(C(F)(F)F)C(F)(F)F. The Balaban J connectivity index is 2.23. The molecule has 2 rings (SSSR count). The van der Waals surface area contributed by atoms with Crippen LogP contribution in [-0.4, -0.2) is 36.1 Å². The number of halogens is 6. The summed E-state index contributed by atoms with van der Waals surface area (Å²) in [6.07, 6.45) is -8.37. The summed E-state index contributed by atoms with van der Waals surface area (Å²) in [4.78, 5) is 11.6. The summed E-state index contributed by atoms with van der Waals surface area (Å²) in [7, 11) is 0. The number of hydrogen-bond donors (Lipinski definition) is 0. The Morgan fingerprint density at radius 2 is 1.58 bits per heavy atom. The lowest BCUT2D eigenvalue weighted by atomic mass is 9.81. The minimum absolute atomic E-state index is 0.00928. The highest BCUT2D eigenvalue weighted by Gasteiger charge is 2.73. The summed E-state index contributed by atoms with van der Waals surface area (Å²) < 4.78 is 90.3. The third-order valence-electron chi connectivity index (χ3n) is 4.74. The fourth-order valence-corrected chi connectivity index (χ4v) is 3.67. The van der Waals surface area contributed by atoms with E-state index in [4.69, 9.17) is 4.74 Å². The van der Waals surface area contributed by atoms with Crippen molar-refractivity contribution in [2.24, 2.45) is 17.8 Å². The van der Waals surface area contributed by atoms with Gasteiger partial charge in [0.15, 0.2) is 0 Å². The zero-order chi connectivity index (χ0) is 20.0. The molecule has 3 nitrogen and oxygen atoms in total. The Morgan fingerprint density at radius 3 is 1.96 bits per heavy atom. The van der Waals surface area contributed by atoms with Gasteiger partial charge < -0.3 is 9.47 Å². The van der Waals surface area contributed by atoms with E-state index in [1.54, 1.807) is 6.08 Å². The van der Waals surface area contributed by atoms with Crippen LogP contribution >= 0.6 is 0 Å². The first-order valence-electron chi connectivity index (χ1n) is 8.32. The molecule has 0 aromatic carbocycles. The number of allylic oxidation sites excluding steroid dienone is 2. The number of rotatable bonds is 5. The molecule has 1 fully saturated rings. The molecule has 0 radical (unpaired) electrons. The maximum absolute atomic E-state index is 13.5. The molecule has 2 bridgehead atoms. The fourth-order valence-electron chi connectivity index (χ4n) is 3.67. The molecule has 0 amide bonds. The van der Waals surface area contributed by atoms with Crippen LogP contribution < -0.4 is 0 Å². The van der Waals surface area contributed by atoms with E-state index in [0.29, 0.717) is 6.42 Å². The number of ether oxygens (including phenoxy) is 2. The standard InChI is InChI=1S/C17H22F6O3/c1-14(2,3)26-13(24)9-25-15(16(18,19)20,17(21,22)23)8-12-7-10-4-5-11(12)6-10/h4-5,10-12H,6-9H2,1-3H3. The third kappa shape index (κ3) is 4.35. The highest BCUT2D eigenvalue weighted by atomic mass is 19.4. The van der Waals surface area contributed by atoms with Gasteiger partial charge in [-0.05, 0) is 57.8 Å². The van der Waals surface area contributed by atoms with Crippen molar-refractivity contribution in [3.63, 3.8) is 0 Å². The van der Waals surface area contributed by atoms with Crippen molar-refractivity contribution in [2.75, 3.05) is 6.61 Å². The zero-order valence-corrected chi connectivity index (χ0v) is 14.7. The zero-order valence-electron chi connectivity index (χ0n) is 14.7. The molecule has 2 aliphatic carbocycles. The third-order valence-corrected chi connectivity index (χ3v) is 4.74. The molecule has 0 heterocycles. The Bertz CT molecular complexity index is 544. The minimum Gasteiger partial charge on any atom is -0.458 e. The molecule has 26 heavy (non-hydrogen) atoms. The van der Waals surface area contributed by atoms with Crippen LogP contribution in [0, 0.1) is 17.8 Å². The summed E-state index contributed by atoms with van der Waals surface area (Å²) in [5, 5.41) is 0. The van der Waals surface area contributed by atoms with E-state index < -0.39 is 48.5 Å². The summed E-state index contributed by atoms with van der Waals surface area (Å²) >= 11 is 0. The monoisotopic (exact) mass is 388 g/mol. The molecule has 1 saturated carbocycles. The van der Waals surface area contributed by atoms with Crippen LogP contribution in [-0.2, 0) is 14.3 Å². The Morgan fingerprint density at radius 1 is 1.00 bits per heavy atom. The molecule has 0 aliphatic heterocycles. The van der Waals surface area contributed by atoms with Crippen molar-refractivity contribution in [2.45, 2.75) is 63.6 Å². The van der Waals surface area contributed by atoms with Gasteiger partial charge in [0.25, 0.3) is 5.60 Å². The number of alkyl halides is 6. The van der Waals surface area contributed by atoms with Gasteiger partial charge in [0.1, 0.15) is 12.2 Å². The molecular weight excluding hydrogens is 366 g/mol. The van der Waals surface area contributed by atoms with Crippen molar-refractivity contribution in [3.8, 4) is 0 Å². The molecule has 150 valence electrons. The lowest BCUT2D eigenvalue weighted by molar-refractivity contribution is -0.384. The molecule has 3 unspecified atom stereocenters. The van der Waals surface area contributed by atoms with Crippen molar-refractivity contribution in [3.05, 3.63) is 12.2 Å². The lowest BCUT2D eigenvalue weighted by Gasteiger charge is -2.39. The van der Waals surface area contributed by atoms with E-state index >= 15 is 0 Å². The lowest BCUT2D eigenvalue weighted by Crippen LogP contribution is -2.60. The van der Waals surface area contributed by atoms with Crippen molar-refractivity contribution in [1.29, 1.82) is 0 Å². The molecule has 9 heteroatoms. The van der Waals surface area contributed by atoms with Crippen LogP contribution in [0.1, 0.15) is 40.0 Å². The van der Waals surface area contributed by atoms with Gasteiger partial charge in [-0.15, -0.1) is 0 Å². The average molecular weight is 388 g/mol. The van der Waals surface area contributed by atoms with Crippen molar-refractivity contribution >= 4 is 5.97 Å². The number of carbonyl (C=O) groups is 1. The molecule has 0 N–H and O–H groups in total. The van der Waals surface area contributed by atoms with Gasteiger partial charge in [-0.3, -0.25) is 0 Å². The number of fused-ring (bicyclic) bond motifs is 2. The molecule has 0 spiro atoms. The maximum Gasteiger partial charge on any atom is 0.426 e. The summed E-state index contributed by atoms with van der Waals surface area (Å²) in [5.74, 6) is -2.39. The van der Waals surface area contributed by atoms with E-state index in [0.717, 1.165) is 0 Å². The second-order valence-corrected chi connectivity index (χ2v) is 7.94. The highest BCUT2D eigenvalue weighted by Crippen LogP contribution is 2.54. The first-order valence-corrected chi connectivity index (χ1v) is 8.32.